The lowest BCUT2D eigenvalue weighted by atomic mass is 9.69. The first-order valence-corrected chi connectivity index (χ1v) is 5.50. The van der Waals surface area contributed by atoms with Gasteiger partial charge in [0, 0.05) is 6.04 Å². The highest BCUT2D eigenvalue weighted by molar-refractivity contribution is 6.40. The minimum Gasteiger partial charge on any atom is -0.480 e. The Balaban J connectivity index is 0. The largest absolute Gasteiger partial charge is 0.480 e. The summed E-state index contributed by atoms with van der Waals surface area (Å²) in [6.45, 7) is 0. The highest BCUT2D eigenvalue weighted by Gasteiger charge is 2.45. The fraction of sp³-hybridized carbons (Fsp3) is 0.889. The van der Waals surface area contributed by atoms with Gasteiger partial charge in [-0.25, -0.2) is 0 Å². The Morgan fingerprint density at radius 1 is 1.33 bits per heavy atom. The van der Waals surface area contributed by atoms with E-state index >= 15 is 0 Å². The van der Waals surface area contributed by atoms with Crippen LogP contribution in [0, 0.1) is 5.92 Å². The van der Waals surface area contributed by atoms with Gasteiger partial charge in [-0.15, -0.1) is 24.8 Å². The fourth-order valence-electron chi connectivity index (χ4n) is 2.28. The van der Waals surface area contributed by atoms with Crippen LogP contribution in [0.2, 0.25) is 6.32 Å². The van der Waals surface area contributed by atoms with E-state index < -0.39 is 24.7 Å². The van der Waals surface area contributed by atoms with Gasteiger partial charge in [-0.1, -0.05) is 6.42 Å². The first-order chi connectivity index (χ1) is 7.36. The standard InChI is InChI=1S/C9H19BN2O4.2ClH/c11-7-2-1-6(3-4-10(15)16)5-9(7,12)8(13)14;;/h6-7,15-16H,1-5,11-12H2,(H,13,14);2*1H. The van der Waals surface area contributed by atoms with Crippen LogP contribution < -0.4 is 11.5 Å². The molecule has 0 bridgehead atoms. The molecule has 0 saturated heterocycles. The Morgan fingerprint density at radius 3 is 2.33 bits per heavy atom. The van der Waals surface area contributed by atoms with Gasteiger partial charge < -0.3 is 26.6 Å². The molecule has 0 amide bonds. The topological polar surface area (TPSA) is 130 Å². The lowest BCUT2D eigenvalue weighted by Gasteiger charge is -2.39. The average Bonchev–Trinajstić information content (AvgIpc) is 2.19. The molecule has 1 fully saturated rings. The van der Waals surface area contributed by atoms with Crippen LogP contribution in [-0.2, 0) is 4.79 Å². The van der Waals surface area contributed by atoms with E-state index in [9.17, 15) is 4.79 Å². The second kappa shape index (κ2) is 8.19. The summed E-state index contributed by atoms with van der Waals surface area (Å²) in [5.74, 6) is -0.975. The molecular formula is C9H21BCl2N2O4. The van der Waals surface area contributed by atoms with E-state index in [4.69, 9.17) is 26.6 Å². The van der Waals surface area contributed by atoms with Crippen LogP contribution in [0.15, 0.2) is 0 Å². The van der Waals surface area contributed by atoms with Crippen molar-refractivity contribution in [1.82, 2.24) is 0 Å². The van der Waals surface area contributed by atoms with Gasteiger partial charge in [0.1, 0.15) is 5.54 Å². The SMILES string of the molecule is Cl.Cl.NC1CCC(CCB(O)O)CC1(N)C(=O)O. The van der Waals surface area contributed by atoms with Crippen molar-refractivity contribution in [3.8, 4) is 0 Å². The lowest BCUT2D eigenvalue weighted by molar-refractivity contribution is -0.146. The molecule has 3 atom stereocenters. The monoisotopic (exact) mass is 302 g/mol. The molecule has 7 N–H and O–H groups in total. The number of hydrogen-bond acceptors (Lipinski definition) is 5. The van der Waals surface area contributed by atoms with Crippen molar-refractivity contribution in [3.05, 3.63) is 0 Å². The van der Waals surface area contributed by atoms with Crippen molar-refractivity contribution in [1.29, 1.82) is 0 Å². The minimum absolute atomic E-state index is 0. The Labute approximate surface area is 119 Å². The molecule has 0 radical (unpaired) electrons. The van der Waals surface area contributed by atoms with Gasteiger partial charge in [-0.2, -0.15) is 0 Å². The molecule has 0 spiro atoms. The normalized spacial score (nSPS) is 30.9. The molecule has 3 unspecified atom stereocenters. The van der Waals surface area contributed by atoms with Crippen molar-refractivity contribution >= 4 is 37.9 Å². The minimum atomic E-state index is -1.37. The third-order valence-electron chi connectivity index (χ3n) is 3.41. The number of carboxylic acid groups (broad SMARTS) is 1. The second-order valence-corrected chi connectivity index (χ2v) is 4.66. The molecule has 1 rings (SSSR count). The summed E-state index contributed by atoms with van der Waals surface area (Å²) < 4.78 is 0. The number of rotatable bonds is 4. The van der Waals surface area contributed by atoms with Crippen molar-refractivity contribution in [2.75, 3.05) is 0 Å². The Bertz CT molecular complexity index is 273. The molecule has 1 saturated carbocycles. The number of carbonyl (C=O) groups is 1. The van der Waals surface area contributed by atoms with E-state index in [1.165, 1.54) is 0 Å². The molecule has 0 aliphatic heterocycles. The predicted molar refractivity (Wildman–Crippen MR) is 74.0 cm³/mol. The van der Waals surface area contributed by atoms with Crippen molar-refractivity contribution in [2.24, 2.45) is 17.4 Å². The van der Waals surface area contributed by atoms with Crippen LogP contribution in [0.3, 0.4) is 0 Å². The third-order valence-corrected chi connectivity index (χ3v) is 3.41. The number of halogens is 2. The molecule has 6 nitrogen and oxygen atoms in total. The Kier molecular flexibility index (Phi) is 9.23. The molecule has 0 heterocycles. The number of carboxylic acids is 1. The first kappa shape index (κ1) is 20.3. The summed E-state index contributed by atoms with van der Waals surface area (Å²) in [6.07, 6.45) is 2.47. The third kappa shape index (κ3) is 4.91. The second-order valence-electron chi connectivity index (χ2n) is 4.66. The molecular weight excluding hydrogens is 282 g/mol. The zero-order chi connectivity index (χ0) is 12.3. The Morgan fingerprint density at radius 2 is 1.89 bits per heavy atom. The van der Waals surface area contributed by atoms with E-state index in [0.29, 0.717) is 19.3 Å². The molecule has 1 aliphatic rings. The first-order valence-electron chi connectivity index (χ1n) is 5.50. The summed E-state index contributed by atoms with van der Waals surface area (Å²) >= 11 is 0. The van der Waals surface area contributed by atoms with Gasteiger partial charge in [0.25, 0.3) is 0 Å². The van der Waals surface area contributed by atoms with Gasteiger partial charge in [-0.05, 0) is 31.5 Å². The van der Waals surface area contributed by atoms with Crippen LogP contribution in [0.4, 0.5) is 0 Å². The summed E-state index contributed by atoms with van der Waals surface area (Å²) in [5.41, 5.74) is 10.1. The zero-order valence-electron chi connectivity index (χ0n) is 9.99. The quantitative estimate of drug-likeness (QED) is 0.449. The van der Waals surface area contributed by atoms with Gasteiger partial charge in [0.15, 0.2) is 0 Å². The highest BCUT2D eigenvalue weighted by atomic mass is 35.5. The van der Waals surface area contributed by atoms with Gasteiger partial charge >= 0.3 is 13.1 Å². The molecule has 108 valence electrons. The number of nitrogens with two attached hydrogens (primary N) is 2. The maximum Gasteiger partial charge on any atom is 0.451 e. The van der Waals surface area contributed by atoms with Crippen molar-refractivity contribution < 1.29 is 19.9 Å². The number of hydrogen-bond donors (Lipinski definition) is 5. The molecule has 18 heavy (non-hydrogen) atoms. The van der Waals surface area contributed by atoms with Gasteiger partial charge in [0.05, 0.1) is 0 Å². The summed E-state index contributed by atoms with van der Waals surface area (Å²) in [6, 6.07) is -0.528. The molecule has 0 aromatic carbocycles. The number of aliphatic carboxylic acids is 1. The van der Waals surface area contributed by atoms with Gasteiger partial charge in [0.2, 0.25) is 0 Å². The van der Waals surface area contributed by atoms with E-state index in [1.807, 2.05) is 0 Å². The van der Waals surface area contributed by atoms with Crippen LogP contribution in [0.1, 0.15) is 25.7 Å². The smallest absolute Gasteiger partial charge is 0.451 e. The summed E-state index contributed by atoms with van der Waals surface area (Å²) in [4.78, 5) is 11.1. The van der Waals surface area contributed by atoms with Crippen LogP contribution in [-0.4, -0.2) is 39.8 Å². The van der Waals surface area contributed by atoms with Crippen LogP contribution in [0.25, 0.3) is 0 Å². The lowest BCUT2D eigenvalue weighted by Crippen LogP contribution is -2.63. The maximum atomic E-state index is 11.1. The average molecular weight is 303 g/mol. The molecule has 0 aromatic heterocycles. The molecule has 0 aromatic rings. The van der Waals surface area contributed by atoms with E-state index in [0.717, 1.165) is 6.42 Å². The van der Waals surface area contributed by atoms with E-state index in [1.54, 1.807) is 0 Å². The Hall–Kier alpha value is -0.0451. The van der Waals surface area contributed by atoms with Gasteiger partial charge in [-0.3, -0.25) is 4.79 Å². The maximum absolute atomic E-state index is 11.1. The van der Waals surface area contributed by atoms with E-state index in [-0.39, 0.29) is 37.1 Å². The highest BCUT2D eigenvalue weighted by Crippen LogP contribution is 2.33. The van der Waals surface area contributed by atoms with Crippen molar-refractivity contribution in [2.45, 2.75) is 43.6 Å². The summed E-state index contributed by atoms with van der Waals surface area (Å²) in [5, 5.41) is 26.6. The molecule has 9 heteroatoms. The zero-order valence-corrected chi connectivity index (χ0v) is 11.6. The molecule has 1 aliphatic carbocycles. The summed E-state index contributed by atoms with van der Waals surface area (Å²) in [7, 11) is -1.34. The van der Waals surface area contributed by atoms with Crippen LogP contribution in [0.5, 0.6) is 0 Å². The van der Waals surface area contributed by atoms with Crippen molar-refractivity contribution in [3.63, 3.8) is 0 Å². The van der Waals surface area contributed by atoms with E-state index in [2.05, 4.69) is 0 Å². The van der Waals surface area contributed by atoms with Crippen LogP contribution >= 0.6 is 24.8 Å². The predicted octanol–water partition coefficient (Wildman–Crippen LogP) is -0.398. The fourth-order valence-corrected chi connectivity index (χ4v) is 2.28.